The molecule has 0 saturated heterocycles. The van der Waals surface area contributed by atoms with Crippen molar-refractivity contribution < 1.29 is 8.78 Å². The van der Waals surface area contributed by atoms with Crippen LogP contribution in [0.4, 0.5) is 14.6 Å². The summed E-state index contributed by atoms with van der Waals surface area (Å²) in [7, 11) is 0. The Morgan fingerprint density at radius 3 is 2.57 bits per heavy atom. The molecule has 0 amide bonds. The van der Waals surface area contributed by atoms with Gasteiger partial charge in [0.15, 0.2) is 5.82 Å². The molecule has 0 aliphatic heterocycles. The van der Waals surface area contributed by atoms with Gasteiger partial charge in [-0.3, -0.25) is 0 Å². The number of fused-ring (bicyclic) bond motifs is 1. The van der Waals surface area contributed by atoms with Crippen LogP contribution in [-0.4, -0.2) is 23.1 Å². The molecule has 3 aromatic rings. The molecular weight excluding hydrogens is 296 g/mol. The van der Waals surface area contributed by atoms with Crippen LogP contribution in [0.25, 0.3) is 10.9 Å². The fraction of sp³-hybridized carbons (Fsp3) is 0.222. The molecule has 23 heavy (non-hydrogen) atoms. The van der Waals surface area contributed by atoms with Crippen LogP contribution in [0.15, 0.2) is 48.8 Å². The number of hydrogen-bond acceptors (Lipinski definition) is 3. The van der Waals surface area contributed by atoms with Crippen LogP contribution < -0.4 is 4.90 Å². The first-order valence-electron chi connectivity index (χ1n) is 7.57. The maximum atomic E-state index is 13.9. The zero-order valence-corrected chi connectivity index (χ0v) is 12.8. The fourth-order valence-electron chi connectivity index (χ4n) is 2.65. The molecule has 0 aliphatic rings. The summed E-state index contributed by atoms with van der Waals surface area (Å²) in [5, 5.41) is 0.403. The summed E-state index contributed by atoms with van der Waals surface area (Å²) < 4.78 is 27.5. The molecule has 1 aromatic heterocycles. The number of rotatable bonds is 5. The van der Waals surface area contributed by atoms with Crippen molar-refractivity contribution in [3.8, 4) is 0 Å². The van der Waals surface area contributed by atoms with E-state index in [1.165, 1.54) is 18.0 Å². The van der Waals surface area contributed by atoms with Crippen LogP contribution in [0.2, 0.25) is 0 Å². The first kappa shape index (κ1) is 15.3. The highest BCUT2D eigenvalue weighted by molar-refractivity contribution is 5.89. The second kappa shape index (κ2) is 6.69. The molecular formula is C18H17F2N3. The van der Waals surface area contributed by atoms with Crippen molar-refractivity contribution in [1.82, 2.24) is 9.97 Å². The van der Waals surface area contributed by atoms with E-state index >= 15 is 0 Å². The Morgan fingerprint density at radius 1 is 1.04 bits per heavy atom. The van der Waals surface area contributed by atoms with Gasteiger partial charge in [0.05, 0.1) is 0 Å². The molecule has 0 atom stereocenters. The largest absolute Gasteiger partial charge is 0.356 e. The number of anilines is 1. The molecule has 2 aromatic carbocycles. The highest BCUT2D eigenvalue weighted by Gasteiger charge is 2.14. The van der Waals surface area contributed by atoms with E-state index in [0.29, 0.717) is 24.3 Å². The van der Waals surface area contributed by atoms with Gasteiger partial charge in [-0.05, 0) is 25.0 Å². The third kappa shape index (κ3) is 3.28. The molecule has 0 unspecified atom stereocenters. The number of aromatic nitrogens is 2. The Hall–Kier alpha value is -2.56. The zero-order chi connectivity index (χ0) is 16.2. The van der Waals surface area contributed by atoms with Gasteiger partial charge in [-0.2, -0.15) is 0 Å². The molecule has 0 radical (unpaired) electrons. The molecule has 5 heteroatoms. The molecule has 0 N–H and O–H groups in total. The van der Waals surface area contributed by atoms with E-state index in [-0.39, 0.29) is 5.52 Å². The highest BCUT2D eigenvalue weighted by atomic mass is 19.1. The van der Waals surface area contributed by atoms with E-state index in [0.717, 1.165) is 12.5 Å². The van der Waals surface area contributed by atoms with Gasteiger partial charge in [0.2, 0.25) is 0 Å². The van der Waals surface area contributed by atoms with Crippen molar-refractivity contribution in [2.24, 2.45) is 0 Å². The predicted molar refractivity (Wildman–Crippen MR) is 87.5 cm³/mol. The summed E-state index contributed by atoms with van der Waals surface area (Å²) in [6.07, 6.45) is 2.15. The molecule has 0 spiro atoms. The first-order valence-corrected chi connectivity index (χ1v) is 7.57. The van der Waals surface area contributed by atoms with Gasteiger partial charge in [0, 0.05) is 24.5 Å². The maximum Gasteiger partial charge on any atom is 0.152 e. The van der Waals surface area contributed by atoms with Gasteiger partial charge in [-0.25, -0.2) is 18.7 Å². The van der Waals surface area contributed by atoms with Crippen molar-refractivity contribution in [3.05, 3.63) is 66.0 Å². The third-order valence-electron chi connectivity index (χ3n) is 3.83. The van der Waals surface area contributed by atoms with Crippen LogP contribution in [-0.2, 0) is 6.42 Å². The minimum absolute atomic E-state index is 0.148. The summed E-state index contributed by atoms with van der Waals surface area (Å²) >= 11 is 0. The first-order chi connectivity index (χ1) is 11.2. The van der Waals surface area contributed by atoms with E-state index in [1.54, 1.807) is 0 Å². The summed E-state index contributed by atoms with van der Waals surface area (Å²) in [6, 6.07) is 12.2. The molecule has 3 rings (SSSR count). The number of halogens is 2. The summed E-state index contributed by atoms with van der Waals surface area (Å²) in [5.41, 5.74) is 1.36. The van der Waals surface area contributed by atoms with E-state index in [1.807, 2.05) is 30.0 Å². The lowest BCUT2D eigenvalue weighted by Crippen LogP contribution is -2.26. The van der Waals surface area contributed by atoms with Crippen molar-refractivity contribution in [2.45, 2.75) is 13.3 Å². The van der Waals surface area contributed by atoms with E-state index in [4.69, 9.17) is 0 Å². The topological polar surface area (TPSA) is 29.0 Å². The molecule has 0 aliphatic carbocycles. The normalized spacial score (nSPS) is 10.9. The van der Waals surface area contributed by atoms with Gasteiger partial charge >= 0.3 is 0 Å². The van der Waals surface area contributed by atoms with Crippen molar-refractivity contribution in [2.75, 3.05) is 18.0 Å². The minimum atomic E-state index is -0.664. The molecule has 3 nitrogen and oxygen atoms in total. The van der Waals surface area contributed by atoms with Crippen LogP contribution in [0.3, 0.4) is 0 Å². The molecule has 118 valence electrons. The Balaban J connectivity index is 1.93. The number of hydrogen-bond donors (Lipinski definition) is 0. The highest BCUT2D eigenvalue weighted by Crippen LogP contribution is 2.26. The number of nitrogens with zero attached hydrogens (tertiary/aromatic N) is 3. The number of likely N-dealkylation sites (N-methyl/N-ethyl adjacent to an activating group) is 1. The van der Waals surface area contributed by atoms with Gasteiger partial charge in [-0.15, -0.1) is 0 Å². The zero-order valence-electron chi connectivity index (χ0n) is 12.8. The quantitative estimate of drug-likeness (QED) is 0.713. The Kier molecular flexibility index (Phi) is 4.46. The third-order valence-corrected chi connectivity index (χ3v) is 3.83. The Bertz CT molecular complexity index is 806. The van der Waals surface area contributed by atoms with Crippen LogP contribution in [0.1, 0.15) is 12.5 Å². The monoisotopic (exact) mass is 313 g/mol. The van der Waals surface area contributed by atoms with Crippen LogP contribution in [0.5, 0.6) is 0 Å². The molecule has 1 heterocycles. The Morgan fingerprint density at radius 2 is 1.83 bits per heavy atom. The summed E-state index contributed by atoms with van der Waals surface area (Å²) in [4.78, 5) is 10.2. The summed E-state index contributed by atoms with van der Waals surface area (Å²) in [5.74, 6) is -0.722. The second-order valence-electron chi connectivity index (χ2n) is 5.30. The predicted octanol–water partition coefficient (Wildman–Crippen LogP) is 3.98. The standard InChI is InChI=1S/C18H17F2N3/c1-2-23(9-8-13-6-4-3-5-7-13)18-15-10-14(19)11-16(20)17(15)21-12-22-18/h3-7,10-12H,2,8-9H2,1H3. The summed E-state index contributed by atoms with van der Waals surface area (Å²) in [6.45, 7) is 3.40. The smallest absolute Gasteiger partial charge is 0.152 e. The van der Waals surface area contributed by atoms with Gasteiger partial charge < -0.3 is 4.90 Å². The second-order valence-corrected chi connectivity index (χ2v) is 5.30. The van der Waals surface area contributed by atoms with Crippen molar-refractivity contribution in [3.63, 3.8) is 0 Å². The van der Waals surface area contributed by atoms with Crippen molar-refractivity contribution in [1.29, 1.82) is 0 Å². The minimum Gasteiger partial charge on any atom is -0.356 e. The van der Waals surface area contributed by atoms with Crippen LogP contribution in [0, 0.1) is 11.6 Å². The van der Waals surface area contributed by atoms with E-state index in [9.17, 15) is 8.78 Å². The maximum absolute atomic E-state index is 13.9. The molecule has 0 bridgehead atoms. The number of benzene rings is 2. The lowest BCUT2D eigenvalue weighted by atomic mass is 10.1. The van der Waals surface area contributed by atoms with Crippen LogP contribution >= 0.6 is 0 Å². The lowest BCUT2D eigenvalue weighted by Gasteiger charge is -2.23. The van der Waals surface area contributed by atoms with Gasteiger partial charge in [-0.1, -0.05) is 30.3 Å². The fourth-order valence-corrected chi connectivity index (χ4v) is 2.65. The average Bonchev–Trinajstić information content (AvgIpc) is 2.56. The van der Waals surface area contributed by atoms with Crippen molar-refractivity contribution >= 4 is 16.7 Å². The lowest BCUT2D eigenvalue weighted by molar-refractivity contribution is 0.590. The van der Waals surface area contributed by atoms with E-state index < -0.39 is 11.6 Å². The van der Waals surface area contributed by atoms with E-state index in [2.05, 4.69) is 22.1 Å². The molecule has 0 fully saturated rings. The van der Waals surface area contributed by atoms with Gasteiger partial charge in [0.25, 0.3) is 0 Å². The Labute approximate surface area is 133 Å². The molecule has 0 saturated carbocycles. The van der Waals surface area contributed by atoms with Gasteiger partial charge in [0.1, 0.15) is 23.5 Å². The SMILES string of the molecule is CCN(CCc1ccccc1)c1ncnc2c(F)cc(F)cc12. The average molecular weight is 313 g/mol.